The molecule has 2 aromatic carbocycles. The average Bonchev–Trinajstić information content (AvgIpc) is 3.11. The van der Waals surface area contributed by atoms with Gasteiger partial charge in [-0.1, -0.05) is 54.8 Å². The number of carbonyl (C=O) groups is 1. The van der Waals surface area contributed by atoms with Crippen LogP contribution in [0.15, 0.2) is 70.5 Å². The molecule has 1 saturated heterocycles. The number of hydrogen-bond acceptors (Lipinski definition) is 4. The van der Waals surface area contributed by atoms with Crippen molar-refractivity contribution in [3.8, 4) is 11.1 Å². The molecule has 0 aliphatic carbocycles. The molecule has 1 aliphatic rings. The van der Waals surface area contributed by atoms with Crippen molar-refractivity contribution in [2.45, 2.75) is 44.0 Å². The van der Waals surface area contributed by atoms with Gasteiger partial charge in [-0.3, -0.25) is 9.59 Å². The van der Waals surface area contributed by atoms with Gasteiger partial charge in [-0.05, 0) is 54.7 Å². The Morgan fingerprint density at radius 1 is 0.941 bits per heavy atom. The number of sulfonamides is 1. The molecule has 178 valence electrons. The molecule has 8 heteroatoms. The number of aryl methyl sites for hydroxylation is 1. The largest absolute Gasteiger partial charge is 0.306 e. The molecule has 1 aromatic heterocycles. The van der Waals surface area contributed by atoms with Crippen molar-refractivity contribution in [3.05, 3.63) is 87.3 Å². The van der Waals surface area contributed by atoms with Crippen LogP contribution in [0, 0.1) is 6.92 Å². The predicted molar refractivity (Wildman–Crippen MR) is 134 cm³/mol. The van der Waals surface area contributed by atoms with E-state index in [-0.39, 0.29) is 17.2 Å². The first-order valence-corrected chi connectivity index (χ1v) is 13.2. The number of ketones is 1. The zero-order valence-electron chi connectivity index (χ0n) is 19.0. The lowest BCUT2D eigenvalue weighted by atomic mass is 9.99. The first-order chi connectivity index (χ1) is 16.3. The fourth-order valence-electron chi connectivity index (χ4n) is 4.25. The molecular weight excluding hydrogens is 472 g/mol. The molecule has 1 fully saturated rings. The second kappa shape index (κ2) is 10.3. The Labute approximate surface area is 204 Å². The van der Waals surface area contributed by atoms with Crippen LogP contribution < -0.4 is 5.56 Å². The van der Waals surface area contributed by atoms with E-state index in [9.17, 15) is 18.0 Å². The highest BCUT2D eigenvalue weighted by atomic mass is 35.5. The third-order valence-corrected chi connectivity index (χ3v) is 8.30. The Morgan fingerprint density at radius 2 is 1.62 bits per heavy atom. The van der Waals surface area contributed by atoms with Gasteiger partial charge in [0.1, 0.15) is 0 Å². The lowest BCUT2D eigenvalue weighted by Crippen LogP contribution is -2.33. The molecule has 4 rings (SSSR count). The normalized spacial score (nSPS) is 15.1. The smallest absolute Gasteiger partial charge is 0.251 e. The lowest BCUT2D eigenvalue weighted by Gasteiger charge is -2.20. The molecule has 0 N–H and O–H groups in total. The Kier molecular flexibility index (Phi) is 7.36. The summed E-state index contributed by atoms with van der Waals surface area (Å²) in [6.45, 7) is 2.68. The first kappa shape index (κ1) is 24.4. The maximum atomic E-state index is 13.1. The zero-order chi connectivity index (χ0) is 24.3. The maximum absolute atomic E-state index is 13.1. The summed E-state index contributed by atoms with van der Waals surface area (Å²) in [4.78, 5) is 25.3. The van der Waals surface area contributed by atoms with Crippen LogP contribution >= 0.6 is 11.6 Å². The van der Waals surface area contributed by atoms with Crippen molar-refractivity contribution >= 4 is 27.4 Å². The molecule has 0 amide bonds. The second-order valence-corrected chi connectivity index (χ2v) is 11.0. The minimum Gasteiger partial charge on any atom is -0.306 e. The minimum absolute atomic E-state index is 0.0374. The number of rotatable bonds is 6. The zero-order valence-corrected chi connectivity index (χ0v) is 20.6. The fourth-order valence-corrected chi connectivity index (χ4v) is 6.01. The van der Waals surface area contributed by atoms with Crippen LogP contribution in [-0.2, 0) is 16.6 Å². The molecule has 3 aromatic rings. The van der Waals surface area contributed by atoms with Crippen molar-refractivity contribution in [2.75, 3.05) is 13.1 Å². The summed E-state index contributed by atoms with van der Waals surface area (Å²) in [6, 6.07) is 15.3. The van der Waals surface area contributed by atoms with Gasteiger partial charge in [0, 0.05) is 35.9 Å². The molecular formula is C26H27ClN2O4S. The third-order valence-electron chi connectivity index (χ3n) is 6.18. The third kappa shape index (κ3) is 5.32. The molecule has 6 nitrogen and oxygen atoms in total. The SMILES string of the molecule is Cc1cc(Cl)ccc1-c1ccc(C(=O)Cn2cc(S(=O)(=O)N3CCCCCC3)ccc2=O)cc1. The molecule has 0 radical (unpaired) electrons. The minimum atomic E-state index is -3.72. The molecule has 0 saturated carbocycles. The Morgan fingerprint density at radius 3 is 2.26 bits per heavy atom. The number of nitrogens with zero attached hydrogens (tertiary/aromatic N) is 2. The number of hydrogen-bond donors (Lipinski definition) is 0. The van der Waals surface area contributed by atoms with E-state index in [0.29, 0.717) is 23.7 Å². The van der Waals surface area contributed by atoms with Crippen LogP contribution in [0.1, 0.15) is 41.6 Å². The Hall–Kier alpha value is -2.74. The quantitative estimate of drug-likeness (QED) is 0.452. The molecule has 1 aliphatic heterocycles. The second-order valence-electron chi connectivity index (χ2n) is 8.61. The van der Waals surface area contributed by atoms with E-state index < -0.39 is 15.6 Å². The molecule has 2 heterocycles. The predicted octanol–water partition coefficient (Wildman–Crippen LogP) is 4.92. The lowest BCUT2D eigenvalue weighted by molar-refractivity contribution is 0.0970. The highest BCUT2D eigenvalue weighted by Gasteiger charge is 2.26. The van der Waals surface area contributed by atoms with Gasteiger partial charge < -0.3 is 4.57 Å². The van der Waals surface area contributed by atoms with E-state index in [0.717, 1.165) is 42.4 Å². The molecule has 0 spiro atoms. The van der Waals surface area contributed by atoms with Gasteiger partial charge >= 0.3 is 0 Å². The van der Waals surface area contributed by atoms with Gasteiger partial charge in [0.15, 0.2) is 5.78 Å². The topological polar surface area (TPSA) is 76.5 Å². The van der Waals surface area contributed by atoms with Gasteiger partial charge in [-0.2, -0.15) is 4.31 Å². The van der Waals surface area contributed by atoms with Gasteiger partial charge in [0.2, 0.25) is 10.0 Å². The van der Waals surface area contributed by atoms with Crippen LogP contribution in [0.5, 0.6) is 0 Å². The van der Waals surface area contributed by atoms with E-state index in [1.54, 1.807) is 12.1 Å². The first-order valence-electron chi connectivity index (χ1n) is 11.4. The fraction of sp³-hybridized carbons (Fsp3) is 0.308. The average molecular weight is 499 g/mol. The van der Waals surface area contributed by atoms with Crippen molar-refractivity contribution in [1.82, 2.24) is 8.87 Å². The summed E-state index contributed by atoms with van der Waals surface area (Å²) >= 11 is 6.04. The van der Waals surface area contributed by atoms with E-state index in [1.165, 1.54) is 27.2 Å². The van der Waals surface area contributed by atoms with Gasteiger partial charge in [-0.25, -0.2) is 8.42 Å². The summed E-state index contributed by atoms with van der Waals surface area (Å²) in [5, 5.41) is 0.665. The van der Waals surface area contributed by atoms with Crippen LogP contribution in [0.3, 0.4) is 0 Å². The van der Waals surface area contributed by atoms with Crippen molar-refractivity contribution in [3.63, 3.8) is 0 Å². The number of Topliss-reactive ketones (excluding diaryl/α,β-unsaturated/α-hetero) is 1. The summed E-state index contributed by atoms with van der Waals surface area (Å²) in [5.74, 6) is -0.272. The van der Waals surface area contributed by atoms with Crippen molar-refractivity contribution in [1.29, 1.82) is 0 Å². The number of benzene rings is 2. The van der Waals surface area contributed by atoms with Crippen molar-refractivity contribution in [2.24, 2.45) is 0 Å². The molecule has 0 unspecified atom stereocenters. The van der Waals surface area contributed by atoms with E-state index in [1.807, 2.05) is 37.3 Å². The summed E-state index contributed by atoms with van der Waals surface area (Å²) in [6.07, 6.45) is 4.95. The standard InChI is InChI=1S/C26H27ClN2O4S/c1-19-16-22(27)10-12-24(19)20-6-8-21(9-7-20)25(30)18-28-17-23(11-13-26(28)31)34(32,33)29-14-4-2-3-5-15-29/h6-13,16-17H,2-5,14-15,18H2,1H3. The highest BCUT2D eigenvalue weighted by Crippen LogP contribution is 2.26. The number of carbonyl (C=O) groups excluding carboxylic acids is 1. The van der Waals surface area contributed by atoms with Crippen LogP contribution in [-0.4, -0.2) is 36.2 Å². The number of aromatic nitrogens is 1. The highest BCUT2D eigenvalue weighted by molar-refractivity contribution is 7.89. The van der Waals surface area contributed by atoms with E-state index >= 15 is 0 Å². The number of halogens is 1. The summed E-state index contributed by atoms with van der Waals surface area (Å²) in [7, 11) is -3.72. The Bertz CT molecular complexity index is 1360. The van der Waals surface area contributed by atoms with Crippen LogP contribution in [0.4, 0.5) is 0 Å². The van der Waals surface area contributed by atoms with E-state index in [2.05, 4.69) is 0 Å². The molecule has 0 bridgehead atoms. The van der Waals surface area contributed by atoms with Crippen LogP contribution in [0.25, 0.3) is 11.1 Å². The summed E-state index contributed by atoms with van der Waals surface area (Å²) < 4.78 is 28.8. The molecule has 34 heavy (non-hydrogen) atoms. The van der Waals surface area contributed by atoms with Gasteiger partial charge in [0.05, 0.1) is 11.4 Å². The van der Waals surface area contributed by atoms with Gasteiger partial charge in [0.25, 0.3) is 5.56 Å². The van der Waals surface area contributed by atoms with Crippen molar-refractivity contribution < 1.29 is 13.2 Å². The molecule has 0 atom stereocenters. The Balaban J connectivity index is 1.54. The van der Waals surface area contributed by atoms with Gasteiger partial charge in [-0.15, -0.1) is 0 Å². The van der Waals surface area contributed by atoms with Crippen LogP contribution in [0.2, 0.25) is 5.02 Å². The number of pyridine rings is 1. The maximum Gasteiger partial charge on any atom is 0.251 e. The monoisotopic (exact) mass is 498 g/mol. The summed E-state index contributed by atoms with van der Waals surface area (Å²) in [5.41, 5.74) is 3.03. The van der Waals surface area contributed by atoms with E-state index in [4.69, 9.17) is 11.6 Å².